The summed E-state index contributed by atoms with van der Waals surface area (Å²) in [6.07, 6.45) is 3.95. The van der Waals surface area contributed by atoms with Crippen LogP contribution < -0.4 is 5.32 Å². The summed E-state index contributed by atoms with van der Waals surface area (Å²) < 4.78 is 1.01. The molecule has 1 saturated carbocycles. The van der Waals surface area contributed by atoms with Crippen LogP contribution in [0.1, 0.15) is 45.1 Å². The van der Waals surface area contributed by atoms with Crippen molar-refractivity contribution in [1.29, 1.82) is 0 Å². The van der Waals surface area contributed by atoms with Crippen molar-refractivity contribution in [3.63, 3.8) is 0 Å². The first-order valence-corrected chi connectivity index (χ1v) is 8.34. The van der Waals surface area contributed by atoms with Crippen molar-refractivity contribution in [2.24, 2.45) is 5.41 Å². The Morgan fingerprint density at radius 2 is 1.90 bits per heavy atom. The summed E-state index contributed by atoms with van der Waals surface area (Å²) in [6, 6.07) is 5.80. The fraction of sp³-hybridized carbons (Fsp3) is 0.625. The lowest BCUT2D eigenvalue weighted by Crippen LogP contribution is -2.44. The molecule has 0 heterocycles. The topological polar surface area (TPSA) is 32.3 Å². The van der Waals surface area contributed by atoms with Crippen LogP contribution in [0.2, 0.25) is 5.02 Å². The van der Waals surface area contributed by atoms with Gasteiger partial charge in [-0.1, -0.05) is 47.4 Å². The van der Waals surface area contributed by atoms with E-state index in [1.165, 1.54) is 0 Å². The Hall–Kier alpha value is -0.0900. The summed E-state index contributed by atoms with van der Waals surface area (Å²) in [5.74, 6) is 0. The minimum Gasteiger partial charge on any atom is -0.389 e. The monoisotopic (exact) mass is 359 g/mol. The Kier molecular flexibility index (Phi) is 5.17. The maximum Gasteiger partial charge on any atom is 0.0772 e. The van der Waals surface area contributed by atoms with Crippen LogP contribution in [0.5, 0.6) is 0 Å². The van der Waals surface area contributed by atoms with Gasteiger partial charge in [0.05, 0.1) is 5.60 Å². The lowest BCUT2D eigenvalue weighted by Gasteiger charge is -2.40. The fourth-order valence-electron chi connectivity index (χ4n) is 2.66. The van der Waals surface area contributed by atoms with Gasteiger partial charge in [0.25, 0.3) is 0 Å². The van der Waals surface area contributed by atoms with E-state index in [2.05, 4.69) is 35.1 Å². The Balaban J connectivity index is 1.84. The molecule has 1 aliphatic rings. The minimum atomic E-state index is -0.547. The van der Waals surface area contributed by atoms with Gasteiger partial charge in [-0.2, -0.15) is 0 Å². The van der Waals surface area contributed by atoms with Crippen LogP contribution >= 0.6 is 27.5 Å². The highest BCUT2D eigenvalue weighted by atomic mass is 79.9. The van der Waals surface area contributed by atoms with Gasteiger partial charge < -0.3 is 10.4 Å². The molecule has 2 rings (SSSR count). The predicted octanol–water partition coefficient (Wildman–Crippen LogP) is 4.52. The van der Waals surface area contributed by atoms with Gasteiger partial charge in [-0.25, -0.2) is 0 Å². The molecule has 0 unspecified atom stereocenters. The average Bonchev–Trinajstić information content (AvgIpc) is 2.37. The summed E-state index contributed by atoms with van der Waals surface area (Å²) in [5, 5.41) is 14.7. The summed E-state index contributed by atoms with van der Waals surface area (Å²) in [6.45, 7) is 5.96. The van der Waals surface area contributed by atoms with Crippen molar-refractivity contribution in [3.8, 4) is 0 Å². The number of aliphatic hydroxyl groups is 1. The fourth-order valence-corrected chi connectivity index (χ4v) is 3.49. The van der Waals surface area contributed by atoms with E-state index in [1.807, 2.05) is 18.2 Å². The van der Waals surface area contributed by atoms with Crippen molar-refractivity contribution in [2.45, 2.75) is 51.7 Å². The number of nitrogens with one attached hydrogen (secondary N) is 1. The summed E-state index contributed by atoms with van der Waals surface area (Å²) >= 11 is 9.45. The zero-order valence-corrected chi connectivity index (χ0v) is 14.5. The molecule has 112 valence electrons. The third-order valence-corrected chi connectivity index (χ3v) is 5.29. The molecule has 0 atom stereocenters. The predicted molar refractivity (Wildman–Crippen MR) is 88.1 cm³/mol. The molecule has 0 spiro atoms. The third-order valence-electron chi connectivity index (χ3n) is 4.32. The minimum absolute atomic E-state index is 0.380. The van der Waals surface area contributed by atoms with Crippen molar-refractivity contribution in [3.05, 3.63) is 33.3 Å². The Labute approximate surface area is 135 Å². The summed E-state index contributed by atoms with van der Waals surface area (Å²) in [4.78, 5) is 0. The third kappa shape index (κ3) is 4.45. The average molecular weight is 361 g/mol. The Morgan fingerprint density at radius 3 is 2.50 bits per heavy atom. The van der Waals surface area contributed by atoms with Crippen LogP contribution in [0.25, 0.3) is 0 Å². The first-order chi connectivity index (χ1) is 9.30. The largest absolute Gasteiger partial charge is 0.389 e. The standard InChI is InChI=1S/C16H23BrClNO/c1-15(2)5-7-16(20,8-6-15)11-19-10-12-3-4-13(18)9-14(12)17/h3-4,9,19-20H,5-8,10-11H2,1-2H3. The number of rotatable bonds is 4. The molecule has 1 fully saturated rings. The van der Waals surface area contributed by atoms with Crippen LogP contribution in [0.4, 0.5) is 0 Å². The lowest BCUT2D eigenvalue weighted by molar-refractivity contribution is -0.0245. The number of hydrogen-bond acceptors (Lipinski definition) is 2. The molecule has 0 bridgehead atoms. The van der Waals surface area contributed by atoms with Crippen molar-refractivity contribution < 1.29 is 5.11 Å². The summed E-state index contributed by atoms with van der Waals surface area (Å²) in [7, 11) is 0. The highest BCUT2D eigenvalue weighted by Gasteiger charge is 2.36. The molecule has 4 heteroatoms. The van der Waals surface area contributed by atoms with Gasteiger partial charge in [-0.05, 0) is 48.8 Å². The van der Waals surface area contributed by atoms with Gasteiger partial charge in [-0.15, -0.1) is 0 Å². The molecule has 0 radical (unpaired) electrons. The molecule has 2 N–H and O–H groups in total. The van der Waals surface area contributed by atoms with Gasteiger partial charge in [0.1, 0.15) is 0 Å². The van der Waals surface area contributed by atoms with E-state index in [4.69, 9.17) is 11.6 Å². The zero-order valence-electron chi connectivity index (χ0n) is 12.2. The smallest absolute Gasteiger partial charge is 0.0772 e. The van der Waals surface area contributed by atoms with Crippen LogP contribution in [-0.2, 0) is 6.54 Å². The van der Waals surface area contributed by atoms with Crippen LogP contribution in [0.3, 0.4) is 0 Å². The number of halogens is 2. The van der Waals surface area contributed by atoms with Crippen LogP contribution in [0, 0.1) is 5.41 Å². The van der Waals surface area contributed by atoms with Gasteiger partial charge in [-0.3, -0.25) is 0 Å². The second-order valence-electron chi connectivity index (χ2n) is 6.73. The van der Waals surface area contributed by atoms with E-state index in [0.717, 1.165) is 47.3 Å². The first kappa shape index (κ1) is 16.3. The molecule has 1 aliphatic carbocycles. The molecule has 20 heavy (non-hydrogen) atoms. The maximum atomic E-state index is 10.6. The second-order valence-corrected chi connectivity index (χ2v) is 8.02. The molecule has 1 aromatic carbocycles. The van der Waals surface area contributed by atoms with E-state index in [-0.39, 0.29) is 0 Å². The molecule has 0 saturated heterocycles. The van der Waals surface area contributed by atoms with Gasteiger partial charge in [0, 0.05) is 22.6 Å². The van der Waals surface area contributed by atoms with Gasteiger partial charge >= 0.3 is 0 Å². The molecule has 0 amide bonds. The van der Waals surface area contributed by atoms with Crippen molar-refractivity contribution in [2.75, 3.05) is 6.54 Å². The SMILES string of the molecule is CC1(C)CCC(O)(CNCc2ccc(Cl)cc2Br)CC1. The van der Waals surface area contributed by atoms with Gasteiger partial charge in [0.2, 0.25) is 0 Å². The molecular weight excluding hydrogens is 338 g/mol. The Morgan fingerprint density at radius 1 is 1.25 bits per heavy atom. The normalized spacial score (nSPS) is 20.9. The molecular formula is C16H23BrClNO. The maximum absolute atomic E-state index is 10.6. The zero-order chi connectivity index (χ0) is 14.8. The van der Waals surface area contributed by atoms with E-state index in [1.54, 1.807) is 0 Å². The van der Waals surface area contributed by atoms with Crippen molar-refractivity contribution in [1.82, 2.24) is 5.32 Å². The van der Waals surface area contributed by atoms with E-state index >= 15 is 0 Å². The second kappa shape index (κ2) is 6.35. The number of benzene rings is 1. The molecule has 0 aliphatic heterocycles. The molecule has 2 nitrogen and oxygen atoms in total. The molecule has 1 aromatic rings. The molecule has 0 aromatic heterocycles. The number of hydrogen-bond donors (Lipinski definition) is 2. The van der Waals surface area contributed by atoms with Crippen LogP contribution in [0.15, 0.2) is 22.7 Å². The van der Waals surface area contributed by atoms with E-state index < -0.39 is 5.60 Å². The highest BCUT2D eigenvalue weighted by Crippen LogP contribution is 2.39. The van der Waals surface area contributed by atoms with Gasteiger partial charge in [0.15, 0.2) is 0 Å². The quantitative estimate of drug-likeness (QED) is 0.827. The highest BCUT2D eigenvalue weighted by molar-refractivity contribution is 9.10. The van der Waals surface area contributed by atoms with E-state index in [0.29, 0.717) is 12.0 Å². The van der Waals surface area contributed by atoms with E-state index in [9.17, 15) is 5.11 Å². The summed E-state index contributed by atoms with van der Waals surface area (Å²) in [5.41, 5.74) is 0.994. The van der Waals surface area contributed by atoms with Crippen LogP contribution in [-0.4, -0.2) is 17.3 Å². The Bertz CT molecular complexity index is 466. The first-order valence-electron chi connectivity index (χ1n) is 7.17. The lowest BCUT2D eigenvalue weighted by atomic mass is 9.71. The van der Waals surface area contributed by atoms with Crippen molar-refractivity contribution >= 4 is 27.5 Å².